The molecular formula is C19H14BrFN6O3S. The fourth-order valence-corrected chi connectivity index (χ4v) is 3.67. The minimum absolute atomic E-state index is 0.0814. The molecule has 0 radical (unpaired) electrons. The first kappa shape index (κ1) is 20.9. The molecule has 0 saturated heterocycles. The molecule has 2 aromatic heterocycles. The second-order valence-electron chi connectivity index (χ2n) is 6.18. The zero-order chi connectivity index (χ0) is 21.8. The van der Waals surface area contributed by atoms with Gasteiger partial charge in [-0.05, 0) is 18.2 Å². The molecule has 2 heterocycles. The molecule has 158 valence electrons. The van der Waals surface area contributed by atoms with Crippen molar-refractivity contribution < 1.29 is 14.1 Å². The summed E-state index contributed by atoms with van der Waals surface area (Å²) in [5.41, 5.74) is 0.360. The van der Waals surface area contributed by atoms with Gasteiger partial charge in [-0.3, -0.25) is 10.1 Å². The maximum Gasteiger partial charge on any atom is 0.311 e. The number of fused-ring (bicyclic) bond motifs is 1. The smallest absolute Gasteiger partial charge is 0.311 e. The summed E-state index contributed by atoms with van der Waals surface area (Å²) in [6.45, 7) is 0.606. The molecule has 0 aliphatic carbocycles. The zero-order valence-corrected chi connectivity index (χ0v) is 18.1. The molecule has 0 atom stereocenters. The predicted octanol–water partition coefficient (Wildman–Crippen LogP) is 5.13. The van der Waals surface area contributed by atoms with E-state index in [1.807, 2.05) is 5.38 Å². The molecular weight excluding hydrogens is 491 g/mol. The Hall–Kier alpha value is -3.38. The molecule has 4 rings (SSSR count). The molecule has 0 aliphatic heterocycles. The van der Waals surface area contributed by atoms with Crippen molar-refractivity contribution in [2.24, 2.45) is 0 Å². The van der Waals surface area contributed by atoms with Gasteiger partial charge < -0.3 is 15.4 Å². The third-order valence-electron chi connectivity index (χ3n) is 4.17. The SMILES string of the molecule is O=[N+]([O-])c1cc2c(Nc3ccc(Br)cc3F)ncnc2cc1OCCNc1nccs1. The van der Waals surface area contributed by atoms with Gasteiger partial charge in [-0.25, -0.2) is 19.3 Å². The second-order valence-corrected chi connectivity index (χ2v) is 7.99. The highest BCUT2D eigenvalue weighted by Gasteiger charge is 2.20. The van der Waals surface area contributed by atoms with Gasteiger partial charge in [-0.15, -0.1) is 11.3 Å². The van der Waals surface area contributed by atoms with Crippen LogP contribution in [0, 0.1) is 15.9 Å². The Morgan fingerprint density at radius 3 is 2.84 bits per heavy atom. The molecule has 0 unspecified atom stereocenters. The first-order valence-corrected chi connectivity index (χ1v) is 10.6. The van der Waals surface area contributed by atoms with Crippen LogP contribution in [0.15, 0.2) is 52.7 Å². The topological polar surface area (TPSA) is 115 Å². The molecule has 12 heteroatoms. The molecule has 2 aromatic carbocycles. The molecule has 0 fully saturated rings. The van der Waals surface area contributed by atoms with Crippen molar-refractivity contribution in [3.63, 3.8) is 0 Å². The molecule has 0 bridgehead atoms. The van der Waals surface area contributed by atoms with Crippen LogP contribution in [0.5, 0.6) is 5.75 Å². The number of hydrogen-bond acceptors (Lipinski definition) is 9. The highest BCUT2D eigenvalue weighted by atomic mass is 79.9. The normalized spacial score (nSPS) is 10.8. The molecule has 0 saturated carbocycles. The first-order chi connectivity index (χ1) is 15.0. The van der Waals surface area contributed by atoms with Crippen molar-refractivity contribution in [3.8, 4) is 5.75 Å². The molecule has 4 aromatic rings. The van der Waals surface area contributed by atoms with Crippen molar-refractivity contribution in [3.05, 3.63) is 68.6 Å². The van der Waals surface area contributed by atoms with Gasteiger partial charge in [-0.1, -0.05) is 15.9 Å². The Balaban J connectivity index is 1.60. The summed E-state index contributed by atoms with van der Waals surface area (Å²) >= 11 is 4.65. The highest BCUT2D eigenvalue weighted by molar-refractivity contribution is 9.10. The van der Waals surface area contributed by atoms with E-state index in [0.29, 0.717) is 21.9 Å². The predicted molar refractivity (Wildman–Crippen MR) is 120 cm³/mol. The van der Waals surface area contributed by atoms with Crippen molar-refractivity contribution in [2.75, 3.05) is 23.8 Å². The minimum atomic E-state index is -0.542. The number of nitro benzene ring substituents is 1. The standard InChI is InChI=1S/C19H14BrFN6O3S/c20-11-1-2-14(13(21)7-11)26-18-12-8-16(27(28)29)17(9-15(12)24-10-25-18)30-5-3-22-19-23-4-6-31-19/h1-2,4,6-10H,3,5H2,(H,22,23)(H,24,25,26). The number of anilines is 3. The van der Waals surface area contributed by atoms with Crippen LogP contribution in [0.2, 0.25) is 0 Å². The van der Waals surface area contributed by atoms with Crippen molar-refractivity contribution in [1.82, 2.24) is 15.0 Å². The number of aromatic nitrogens is 3. The largest absolute Gasteiger partial charge is 0.485 e. The average molecular weight is 505 g/mol. The number of nitrogens with one attached hydrogen (secondary N) is 2. The number of nitro groups is 1. The van der Waals surface area contributed by atoms with E-state index in [0.717, 1.165) is 5.13 Å². The second kappa shape index (κ2) is 9.18. The molecule has 9 nitrogen and oxygen atoms in total. The maximum atomic E-state index is 14.2. The fourth-order valence-electron chi connectivity index (χ4n) is 2.78. The van der Waals surface area contributed by atoms with Gasteiger partial charge in [0, 0.05) is 28.2 Å². The summed E-state index contributed by atoms with van der Waals surface area (Å²) in [5.74, 6) is -0.174. The highest BCUT2D eigenvalue weighted by Crippen LogP contribution is 2.35. The number of ether oxygens (including phenoxy) is 1. The molecule has 31 heavy (non-hydrogen) atoms. The lowest BCUT2D eigenvalue weighted by Gasteiger charge is -2.12. The monoisotopic (exact) mass is 504 g/mol. The van der Waals surface area contributed by atoms with Crippen LogP contribution < -0.4 is 15.4 Å². The lowest BCUT2D eigenvalue weighted by Crippen LogP contribution is -2.12. The zero-order valence-electron chi connectivity index (χ0n) is 15.7. The Labute approximate surface area is 187 Å². The van der Waals surface area contributed by atoms with E-state index in [1.165, 1.54) is 41.9 Å². The van der Waals surface area contributed by atoms with Gasteiger partial charge in [-0.2, -0.15) is 0 Å². The Kier molecular flexibility index (Phi) is 6.18. The summed E-state index contributed by atoms with van der Waals surface area (Å²) in [6.07, 6.45) is 2.97. The van der Waals surface area contributed by atoms with Crippen LogP contribution in [0.3, 0.4) is 0 Å². The van der Waals surface area contributed by atoms with E-state index >= 15 is 0 Å². The van der Waals surface area contributed by atoms with Gasteiger partial charge in [0.2, 0.25) is 0 Å². The quantitative estimate of drug-likeness (QED) is 0.192. The van der Waals surface area contributed by atoms with E-state index in [4.69, 9.17) is 4.74 Å². The number of rotatable bonds is 8. The minimum Gasteiger partial charge on any atom is -0.485 e. The van der Waals surface area contributed by atoms with E-state index in [2.05, 4.69) is 41.5 Å². The summed E-state index contributed by atoms with van der Waals surface area (Å²) < 4.78 is 20.4. The van der Waals surface area contributed by atoms with Gasteiger partial charge in [0.15, 0.2) is 10.9 Å². The number of thiazole rings is 1. The van der Waals surface area contributed by atoms with Gasteiger partial charge in [0.25, 0.3) is 0 Å². The Morgan fingerprint density at radius 2 is 2.10 bits per heavy atom. The third-order valence-corrected chi connectivity index (χ3v) is 5.39. The van der Waals surface area contributed by atoms with Crippen molar-refractivity contribution in [1.29, 1.82) is 0 Å². The lowest BCUT2D eigenvalue weighted by molar-refractivity contribution is -0.385. The van der Waals surface area contributed by atoms with Crippen LogP contribution >= 0.6 is 27.3 Å². The van der Waals surface area contributed by atoms with Crippen LogP contribution in [-0.4, -0.2) is 33.0 Å². The van der Waals surface area contributed by atoms with Gasteiger partial charge in [0.05, 0.1) is 28.1 Å². The summed E-state index contributed by atoms with van der Waals surface area (Å²) in [4.78, 5) is 23.5. The number of benzene rings is 2. The van der Waals surface area contributed by atoms with Crippen LogP contribution in [0.1, 0.15) is 0 Å². The van der Waals surface area contributed by atoms with E-state index in [-0.39, 0.29) is 29.5 Å². The van der Waals surface area contributed by atoms with E-state index < -0.39 is 10.7 Å². The van der Waals surface area contributed by atoms with Gasteiger partial charge in [0.1, 0.15) is 24.6 Å². The molecule has 0 spiro atoms. The van der Waals surface area contributed by atoms with Crippen LogP contribution in [-0.2, 0) is 0 Å². The first-order valence-electron chi connectivity index (χ1n) is 8.92. The molecule has 0 aliphatic rings. The fraction of sp³-hybridized carbons (Fsp3) is 0.105. The number of hydrogen-bond donors (Lipinski definition) is 2. The Bertz CT molecular complexity index is 1240. The van der Waals surface area contributed by atoms with E-state index in [9.17, 15) is 14.5 Å². The average Bonchev–Trinajstić information content (AvgIpc) is 3.26. The Morgan fingerprint density at radius 1 is 1.23 bits per heavy atom. The van der Waals surface area contributed by atoms with Gasteiger partial charge >= 0.3 is 5.69 Å². The summed E-state index contributed by atoms with van der Waals surface area (Å²) in [7, 11) is 0. The number of halogens is 2. The third kappa shape index (κ3) is 4.86. The van der Waals surface area contributed by atoms with Crippen LogP contribution in [0.4, 0.5) is 26.7 Å². The van der Waals surface area contributed by atoms with Crippen molar-refractivity contribution >= 4 is 60.5 Å². The van der Waals surface area contributed by atoms with E-state index in [1.54, 1.807) is 12.3 Å². The number of nitrogens with zero attached hydrogens (tertiary/aromatic N) is 4. The van der Waals surface area contributed by atoms with Crippen LogP contribution in [0.25, 0.3) is 10.9 Å². The maximum absolute atomic E-state index is 14.2. The summed E-state index contributed by atoms with van der Waals surface area (Å²) in [5, 5.41) is 20.5. The lowest BCUT2D eigenvalue weighted by atomic mass is 10.2. The summed E-state index contributed by atoms with van der Waals surface area (Å²) in [6, 6.07) is 7.30. The molecule has 0 amide bonds. The van der Waals surface area contributed by atoms with Crippen molar-refractivity contribution in [2.45, 2.75) is 0 Å². The molecule has 2 N–H and O–H groups in total.